The SMILES string of the molecule is C1CNC[C@@H](c2nn[nH]n2)C1. The van der Waals surface area contributed by atoms with E-state index < -0.39 is 0 Å². The summed E-state index contributed by atoms with van der Waals surface area (Å²) in [7, 11) is 0. The number of rotatable bonds is 1. The van der Waals surface area contributed by atoms with Crippen LogP contribution in [0.5, 0.6) is 0 Å². The first-order valence-corrected chi connectivity index (χ1v) is 3.91. The fourth-order valence-electron chi connectivity index (χ4n) is 1.41. The van der Waals surface area contributed by atoms with E-state index in [0.29, 0.717) is 5.92 Å². The van der Waals surface area contributed by atoms with Gasteiger partial charge in [-0.25, -0.2) is 0 Å². The molecule has 1 atom stereocenters. The Hall–Kier alpha value is -0.970. The first kappa shape index (κ1) is 6.72. The highest BCUT2D eigenvalue weighted by molar-refractivity contribution is 4.93. The van der Waals surface area contributed by atoms with Gasteiger partial charge in [-0.3, -0.25) is 0 Å². The van der Waals surface area contributed by atoms with E-state index in [1.807, 2.05) is 0 Å². The third-order valence-corrected chi connectivity index (χ3v) is 2.02. The Bertz CT molecular complexity index is 201. The van der Waals surface area contributed by atoms with E-state index >= 15 is 0 Å². The average Bonchev–Trinajstić information content (AvgIpc) is 2.58. The smallest absolute Gasteiger partial charge is 0.178 e. The lowest BCUT2D eigenvalue weighted by Crippen LogP contribution is -2.28. The lowest BCUT2D eigenvalue weighted by Gasteiger charge is -2.18. The van der Waals surface area contributed by atoms with Crippen LogP contribution in [0.2, 0.25) is 0 Å². The van der Waals surface area contributed by atoms with Crippen molar-refractivity contribution in [1.29, 1.82) is 0 Å². The maximum Gasteiger partial charge on any atom is 0.178 e. The number of hydrogen-bond donors (Lipinski definition) is 2. The second-order valence-corrected chi connectivity index (χ2v) is 2.81. The molecule has 60 valence electrons. The Morgan fingerprint density at radius 1 is 1.45 bits per heavy atom. The van der Waals surface area contributed by atoms with Crippen molar-refractivity contribution in [3.8, 4) is 0 Å². The molecule has 0 unspecified atom stereocenters. The van der Waals surface area contributed by atoms with Crippen LogP contribution in [0.3, 0.4) is 0 Å². The van der Waals surface area contributed by atoms with Gasteiger partial charge < -0.3 is 5.32 Å². The summed E-state index contributed by atoms with van der Waals surface area (Å²) in [5, 5.41) is 17.2. The summed E-state index contributed by atoms with van der Waals surface area (Å²) in [4.78, 5) is 0. The molecule has 1 fully saturated rings. The number of aromatic nitrogens is 4. The normalized spacial score (nSPS) is 25.3. The van der Waals surface area contributed by atoms with Gasteiger partial charge in [0.15, 0.2) is 5.82 Å². The molecule has 5 heteroatoms. The second kappa shape index (κ2) is 2.96. The summed E-state index contributed by atoms with van der Waals surface area (Å²) in [6.45, 7) is 2.11. The number of aromatic amines is 1. The van der Waals surface area contributed by atoms with Crippen molar-refractivity contribution in [2.45, 2.75) is 18.8 Å². The predicted octanol–water partition coefficient (Wildman–Crippen LogP) is -0.333. The van der Waals surface area contributed by atoms with E-state index in [9.17, 15) is 0 Å². The molecule has 2 rings (SSSR count). The van der Waals surface area contributed by atoms with Crippen molar-refractivity contribution in [2.24, 2.45) is 0 Å². The maximum absolute atomic E-state index is 3.95. The molecule has 0 radical (unpaired) electrons. The van der Waals surface area contributed by atoms with E-state index in [2.05, 4.69) is 25.9 Å². The Kier molecular flexibility index (Phi) is 1.81. The van der Waals surface area contributed by atoms with E-state index in [1.54, 1.807) is 0 Å². The lowest BCUT2D eigenvalue weighted by atomic mass is 9.99. The van der Waals surface area contributed by atoms with Crippen LogP contribution in [0, 0.1) is 0 Å². The minimum absolute atomic E-state index is 0.461. The Morgan fingerprint density at radius 2 is 2.45 bits per heavy atom. The highest BCUT2D eigenvalue weighted by Gasteiger charge is 2.18. The van der Waals surface area contributed by atoms with Gasteiger partial charge >= 0.3 is 0 Å². The molecule has 0 amide bonds. The molecular weight excluding hydrogens is 142 g/mol. The fourth-order valence-corrected chi connectivity index (χ4v) is 1.41. The van der Waals surface area contributed by atoms with Crippen molar-refractivity contribution in [3.05, 3.63) is 5.82 Å². The molecule has 0 saturated carbocycles. The molecule has 0 bridgehead atoms. The summed E-state index contributed by atoms with van der Waals surface area (Å²) in [6.07, 6.45) is 2.38. The van der Waals surface area contributed by atoms with Gasteiger partial charge in [0.05, 0.1) is 0 Å². The number of tetrazole rings is 1. The van der Waals surface area contributed by atoms with E-state index in [0.717, 1.165) is 18.9 Å². The van der Waals surface area contributed by atoms with Crippen LogP contribution in [-0.4, -0.2) is 33.7 Å². The maximum atomic E-state index is 3.95. The summed E-state index contributed by atoms with van der Waals surface area (Å²) >= 11 is 0. The number of nitrogens with one attached hydrogen (secondary N) is 2. The zero-order valence-electron chi connectivity index (χ0n) is 6.25. The van der Waals surface area contributed by atoms with Gasteiger partial charge in [0.25, 0.3) is 0 Å². The van der Waals surface area contributed by atoms with Gasteiger partial charge in [-0.2, -0.15) is 5.21 Å². The quantitative estimate of drug-likeness (QED) is 0.579. The molecule has 1 saturated heterocycles. The highest BCUT2D eigenvalue weighted by Crippen LogP contribution is 2.17. The first-order chi connectivity index (χ1) is 5.47. The molecule has 0 aromatic carbocycles. The standard InChI is InChI=1S/C6H11N5/c1-2-5(4-7-3-1)6-8-10-11-9-6/h5,7H,1-4H2,(H,8,9,10,11)/t5-/m0/s1. The molecule has 1 aromatic rings. The molecular formula is C6H11N5. The molecule has 1 aliphatic rings. The monoisotopic (exact) mass is 153 g/mol. The zero-order chi connectivity index (χ0) is 7.52. The van der Waals surface area contributed by atoms with E-state index in [-0.39, 0.29) is 0 Å². The number of piperidine rings is 1. The molecule has 11 heavy (non-hydrogen) atoms. The third-order valence-electron chi connectivity index (χ3n) is 2.02. The van der Waals surface area contributed by atoms with Crippen LogP contribution in [0.1, 0.15) is 24.6 Å². The van der Waals surface area contributed by atoms with Crippen LogP contribution < -0.4 is 5.32 Å². The first-order valence-electron chi connectivity index (χ1n) is 3.91. The number of hydrogen-bond acceptors (Lipinski definition) is 4. The van der Waals surface area contributed by atoms with Gasteiger partial charge in [0.1, 0.15) is 0 Å². The number of nitrogens with zero attached hydrogens (tertiary/aromatic N) is 3. The van der Waals surface area contributed by atoms with Crippen molar-refractivity contribution in [3.63, 3.8) is 0 Å². The van der Waals surface area contributed by atoms with Crippen LogP contribution in [0.4, 0.5) is 0 Å². The van der Waals surface area contributed by atoms with Crippen molar-refractivity contribution in [2.75, 3.05) is 13.1 Å². The molecule has 0 aliphatic carbocycles. The van der Waals surface area contributed by atoms with Crippen LogP contribution >= 0.6 is 0 Å². The lowest BCUT2D eigenvalue weighted by molar-refractivity contribution is 0.447. The number of H-pyrrole nitrogens is 1. The van der Waals surface area contributed by atoms with Gasteiger partial charge in [-0.15, -0.1) is 10.2 Å². The predicted molar refractivity (Wildman–Crippen MR) is 39.0 cm³/mol. The Morgan fingerprint density at radius 3 is 3.09 bits per heavy atom. The fraction of sp³-hybridized carbons (Fsp3) is 0.833. The molecule has 0 spiro atoms. The largest absolute Gasteiger partial charge is 0.316 e. The van der Waals surface area contributed by atoms with E-state index in [1.165, 1.54) is 12.8 Å². The van der Waals surface area contributed by atoms with Crippen molar-refractivity contribution in [1.82, 2.24) is 25.9 Å². The zero-order valence-corrected chi connectivity index (χ0v) is 6.25. The Balaban J connectivity index is 2.04. The van der Waals surface area contributed by atoms with Gasteiger partial charge in [0, 0.05) is 12.5 Å². The summed E-state index contributed by atoms with van der Waals surface area (Å²) in [5.41, 5.74) is 0. The Labute approximate surface area is 64.6 Å². The topological polar surface area (TPSA) is 66.5 Å². The average molecular weight is 153 g/mol. The van der Waals surface area contributed by atoms with Gasteiger partial charge in [-0.05, 0) is 19.4 Å². The minimum atomic E-state index is 0.461. The van der Waals surface area contributed by atoms with Crippen molar-refractivity contribution < 1.29 is 0 Å². The van der Waals surface area contributed by atoms with Gasteiger partial charge in [0.2, 0.25) is 0 Å². The molecule has 5 nitrogen and oxygen atoms in total. The van der Waals surface area contributed by atoms with E-state index in [4.69, 9.17) is 0 Å². The van der Waals surface area contributed by atoms with Crippen LogP contribution in [0.15, 0.2) is 0 Å². The molecule has 1 aromatic heterocycles. The molecule has 1 aliphatic heterocycles. The van der Waals surface area contributed by atoms with Gasteiger partial charge in [-0.1, -0.05) is 5.21 Å². The highest BCUT2D eigenvalue weighted by atomic mass is 15.5. The summed E-state index contributed by atoms with van der Waals surface area (Å²) in [5.74, 6) is 1.31. The van der Waals surface area contributed by atoms with Crippen LogP contribution in [-0.2, 0) is 0 Å². The minimum Gasteiger partial charge on any atom is -0.316 e. The van der Waals surface area contributed by atoms with Crippen LogP contribution in [0.25, 0.3) is 0 Å². The summed E-state index contributed by atoms with van der Waals surface area (Å²) in [6, 6.07) is 0. The second-order valence-electron chi connectivity index (χ2n) is 2.81. The third kappa shape index (κ3) is 1.37. The molecule has 2 heterocycles. The summed E-state index contributed by atoms with van der Waals surface area (Å²) < 4.78 is 0. The van der Waals surface area contributed by atoms with Crippen molar-refractivity contribution >= 4 is 0 Å². The molecule has 2 N–H and O–H groups in total.